The van der Waals surface area contributed by atoms with Crippen LogP contribution < -0.4 is 5.43 Å². The Balaban J connectivity index is 2.68. The van der Waals surface area contributed by atoms with Crippen LogP contribution in [-0.2, 0) is 0 Å². The third-order valence-corrected chi connectivity index (χ3v) is 2.33. The molecule has 0 atom stereocenters. The molecule has 1 aromatic rings. The monoisotopic (exact) mass is 328 g/mol. The molecule has 6 heteroatoms. The highest BCUT2D eigenvalue weighted by Crippen LogP contribution is 2.17. The number of benzene rings is 1. The third-order valence-electron chi connectivity index (χ3n) is 1.61. The maximum atomic E-state index is 12.0. The van der Waals surface area contributed by atoms with Crippen molar-refractivity contribution in [1.29, 1.82) is 0 Å². The molecule has 0 fully saturated rings. The highest BCUT2D eigenvalue weighted by molar-refractivity contribution is 14.1. The van der Waals surface area contributed by atoms with E-state index in [9.17, 15) is 13.2 Å². The van der Waals surface area contributed by atoms with Crippen molar-refractivity contribution in [2.24, 2.45) is 5.10 Å². The van der Waals surface area contributed by atoms with Crippen LogP contribution in [0.25, 0.3) is 0 Å². The minimum absolute atomic E-state index is 0.527. The van der Waals surface area contributed by atoms with Crippen LogP contribution in [0.2, 0.25) is 0 Å². The van der Waals surface area contributed by atoms with E-state index in [1.165, 1.54) is 0 Å². The first-order valence-corrected chi connectivity index (χ1v) is 5.10. The predicted molar refractivity (Wildman–Crippen MR) is 61.9 cm³/mol. The number of anilines is 1. The van der Waals surface area contributed by atoms with Crippen LogP contribution in [0.5, 0.6) is 0 Å². The maximum absolute atomic E-state index is 12.0. The number of hydrogen-bond acceptors (Lipinski definition) is 2. The molecular formula is C9H8F3IN2. The lowest BCUT2D eigenvalue weighted by Crippen LogP contribution is -2.20. The van der Waals surface area contributed by atoms with Crippen LogP contribution in [-0.4, -0.2) is 11.9 Å². The zero-order valence-corrected chi connectivity index (χ0v) is 9.93. The van der Waals surface area contributed by atoms with Gasteiger partial charge in [0.1, 0.15) is 5.71 Å². The molecule has 0 aliphatic rings. The fraction of sp³-hybridized carbons (Fsp3) is 0.222. The average molecular weight is 328 g/mol. The number of nitrogens with one attached hydrogen (secondary N) is 1. The number of hydrogen-bond donors (Lipinski definition) is 1. The summed E-state index contributed by atoms with van der Waals surface area (Å²) in [6, 6.07) is 6.88. The molecule has 82 valence electrons. The number of hydrazone groups is 1. The summed E-state index contributed by atoms with van der Waals surface area (Å²) >= 11 is 2.11. The van der Waals surface area contributed by atoms with Gasteiger partial charge in [0.2, 0.25) is 0 Å². The Morgan fingerprint density at radius 2 is 1.80 bits per heavy atom. The van der Waals surface area contributed by atoms with Crippen molar-refractivity contribution < 1.29 is 13.2 Å². The van der Waals surface area contributed by atoms with Crippen LogP contribution in [0.4, 0.5) is 18.9 Å². The van der Waals surface area contributed by atoms with Crippen molar-refractivity contribution in [3.63, 3.8) is 0 Å². The SMILES string of the molecule is C/C(=N\Nc1ccc(I)cc1)C(F)(F)F. The second-order valence-corrected chi connectivity index (χ2v) is 4.06. The lowest BCUT2D eigenvalue weighted by atomic mass is 10.3. The Kier molecular flexibility index (Phi) is 3.95. The van der Waals surface area contributed by atoms with Gasteiger partial charge in [0.15, 0.2) is 0 Å². The molecule has 1 rings (SSSR count). The van der Waals surface area contributed by atoms with Crippen molar-refractivity contribution in [2.45, 2.75) is 13.1 Å². The normalized spacial score (nSPS) is 12.7. The van der Waals surface area contributed by atoms with Gasteiger partial charge in [-0.25, -0.2) is 0 Å². The van der Waals surface area contributed by atoms with E-state index in [0.717, 1.165) is 10.5 Å². The summed E-state index contributed by atoms with van der Waals surface area (Å²) < 4.78 is 37.1. The standard InChI is InChI=1S/C9H8F3IN2/c1-6(9(10,11)12)14-15-8-4-2-7(13)3-5-8/h2-5,15H,1H3/b14-6+. The molecule has 0 heterocycles. The Hall–Kier alpha value is -0.790. The van der Waals surface area contributed by atoms with Gasteiger partial charge in [-0.2, -0.15) is 18.3 Å². The number of halogens is 4. The predicted octanol–water partition coefficient (Wildman–Crippen LogP) is 3.64. The van der Waals surface area contributed by atoms with Crippen molar-refractivity contribution in [1.82, 2.24) is 0 Å². The van der Waals surface area contributed by atoms with Gasteiger partial charge in [0.25, 0.3) is 0 Å². The highest BCUT2D eigenvalue weighted by atomic mass is 127. The Labute approximate surface area is 98.7 Å². The Morgan fingerprint density at radius 1 is 1.27 bits per heavy atom. The first-order valence-electron chi connectivity index (χ1n) is 4.02. The van der Waals surface area contributed by atoms with Crippen molar-refractivity contribution >= 4 is 34.0 Å². The molecule has 2 nitrogen and oxygen atoms in total. The van der Waals surface area contributed by atoms with Gasteiger partial charge >= 0.3 is 6.18 Å². The first kappa shape index (κ1) is 12.3. The van der Waals surface area contributed by atoms with E-state index < -0.39 is 11.9 Å². The van der Waals surface area contributed by atoms with Crippen molar-refractivity contribution in [2.75, 3.05) is 5.43 Å². The second-order valence-electron chi connectivity index (χ2n) is 2.81. The molecule has 0 unspecified atom stereocenters. The van der Waals surface area contributed by atoms with E-state index >= 15 is 0 Å². The highest BCUT2D eigenvalue weighted by Gasteiger charge is 2.32. The Bertz CT molecular complexity index is 357. The summed E-state index contributed by atoms with van der Waals surface area (Å²) in [4.78, 5) is 0. The zero-order valence-electron chi connectivity index (χ0n) is 7.77. The van der Waals surface area contributed by atoms with Crippen LogP contribution >= 0.6 is 22.6 Å². The molecule has 0 aliphatic carbocycles. The maximum Gasteiger partial charge on any atom is 0.430 e. The molecule has 0 spiro atoms. The lowest BCUT2D eigenvalue weighted by molar-refractivity contribution is -0.0592. The van der Waals surface area contributed by atoms with Gasteiger partial charge < -0.3 is 0 Å². The molecule has 15 heavy (non-hydrogen) atoms. The number of nitrogens with zero attached hydrogens (tertiary/aromatic N) is 1. The summed E-state index contributed by atoms with van der Waals surface area (Å²) in [5, 5.41) is 3.23. The lowest BCUT2D eigenvalue weighted by Gasteiger charge is -2.06. The number of alkyl halides is 3. The minimum Gasteiger partial charge on any atom is -0.278 e. The minimum atomic E-state index is -4.38. The van der Waals surface area contributed by atoms with Gasteiger partial charge in [0.05, 0.1) is 5.69 Å². The number of rotatable bonds is 2. The fourth-order valence-corrected chi connectivity index (χ4v) is 1.10. The summed E-state index contributed by atoms with van der Waals surface area (Å²) in [5.74, 6) is 0. The van der Waals surface area contributed by atoms with E-state index in [1.807, 2.05) is 0 Å². The van der Waals surface area contributed by atoms with Crippen LogP contribution in [0.3, 0.4) is 0 Å². The van der Waals surface area contributed by atoms with Crippen LogP contribution in [0, 0.1) is 3.57 Å². The van der Waals surface area contributed by atoms with Crippen LogP contribution in [0.1, 0.15) is 6.92 Å². The smallest absolute Gasteiger partial charge is 0.278 e. The van der Waals surface area contributed by atoms with Crippen LogP contribution in [0.15, 0.2) is 29.4 Å². The molecule has 0 saturated heterocycles. The average Bonchev–Trinajstić information content (AvgIpc) is 2.15. The first-order chi connectivity index (χ1) is 6.89. The summed E-state index contributed by atoms with van der Waals surface area (Å²) in [6.07, 6.45) is -4.38. The molecular weight excluding hydrogens is 320 g/mol. The largest absolute Gasteiger partial charge is 0.430 e. The van der Waals surface area contributed by atoms with Crippen molar-refractivity contribution in [3.05, 3.63) is 27.8 Å². The molecule has 0 radical (unpaired) electrons. The van der Waals surface area contributed by atoms with Gasteiger partial charge in [-0.05, 0) is 53.8 Å². The molecule has 0 aliphatic heterocycles. The molecule has 0 saturated carbocycles. The van der Waals surface area contributed by atoms with E-state index in [1.54, 1.807) is 24.3 Å². The summed E-state index contributed by atoms with van der Waals surface area (Å²) in [7, 11) is 0. The van der Waals surface area contributed by atoms with Gasteiger partial charge in [-0.1, -0.05) is 0 Å². The molecule has 1 N–H and O–H groups in total. The van der Waals surface area contributed by atoms with Gasteiger partial charge in [-0.3, -0.25) is 5.43 Å². The second kappa shape index (κ2) is 4.82. The van der Waals surface area contributed by atoms with Crippen molar-refractivity contribution in [3.8, 4) is 0 Å². The molecule has 0 bridgehead atoms. The van der Waals surface area contributed by atoms with E-state index in [2.05, 4.69) is 33.1 Å². The quantitative estimate of drug-likeness (QED) is 0.500. The topological polar surface area (TPSA) is 24.4 Å². The van der Waals surface area contributed by atoms with Gasteiger partial charge in [0, 0.05) is 3.57 Å². The van der Waals surface area contributed by atoms with E-state index in [0.29, 0.717) is 5.69 Å². The zero-order chi connectivity index (χ0) is 11.5. The summed E-state index contributed by atoms with van der Waals surface area (Å²) in [6.45, 7) is 0.916. The van der Waals surface area contributed by atoms with E-state index in [4.69, 9.17) is 0 Å². The summed E-state index contributed by atoms with van der Waals surface area (Å²) in [5.41, 5.74) is 1.97. The molecule has 0 amide bonds. The Morgan fingerprint density at radius 3 is 2.27 bits per heavy atom. The third kappa shape index (κ3) is 4.06. The molecule has 1 aromatic carbocycles. The molecule has 0 aromatic heterocycles. The van der Waals surface area contributed by atoms with Gasteiger partial charge in [-0.15, -0.1) is 0 Å². The van der Waals surface area contributed by atoms with E-state index in [-0.39, 0.29) is 0 Å². The fourth-order valence-electron chi connectivity index (χ4n) is 0.736.